The van der Waals surface area contributed by atoms with E-state index in [0.29, 0.717) is 11.8 Å². The van der Waals surface area contributed by atoms with Crippen LogP contribution in [0, 0.1) is 0 Å². The molecule has 1 heterocycles. The Hall–Kier alpha value is -2.17. The highest BCUT2D eigenvalue weighted by Gasteiger charge is 2.31. The number of ketones is 1. The van der Waals surface area contributed by atoms with Crippen LogP contribution in [0.2, 0.25) is 0 Å². The normalized spacial score (nSPS) is 11.3. The number of hydrogen-bond donors (Lipinski definition) is 0. The van der Waals surface area contributed by atoms with Crippen molar-refractivity contribution in [1.29, 1.82) is 0 Å². The third-order valence-corrected chi connectivity index (χ3v) is 2.36. The number of halogens is 3. The lowest BCUT2D eigenvalue weighted by molar-refractivity contribution is -0.137. The number of rotatable bonds is 2. The van der Waals surface area contributed by atoms with Crippen molar-refractivity contribution in [3.05, 3.63) is 65.5 Å². The fraction of sp³-hybridized carbons (Fsp3) is 0.0769. The maximum Gasteiger partial charge on any atom is 0.417 e. The van der Waals surface area contributed by atoms with Crippen molar-refractivity contribution in [2.45, 2.75) is 6.18 Å². The molecule has 0 aliphatic rings. The molecule has 0 saturated heterocycles. The summed E-state index contributed by atoms with van der Waals surface area (Å²) in [6.45, 7) is 0. The Labute approximate surface area is 101 Å². The largest absolute Gasteiger partial charge is 0.417 e. The summed E-state index contributed by atoms with van der Waals surface area (Å²) >= 11 is 0. The van der Waals surface area contributed by atoms with Gasteiger partial charge in [-0.05, 0) is 6.07 Å². The van der Waals surface area contributed by atoms with E-state index < -0.39 is 17.5 Å². The standard InChI is InChI=1S/C13H8F3NO/c14-13(15,16)11-6-10(7-17-8-11)12(18)9-4-2-1-3-5-9/h1-8H. The number of benzene rings is 1. The van der Waals surface area contributed by atoms with Gasteiger partial charge in [-0.25, -0.2) is 0 Å². The van der Waals surface area contributed by atoms with Gasteiger partial charge < -0.3 is 0 Å². The zero-order valence-electron chi connectivity index (χ0n) is 9.11. The van der Waals surface area contributed by atoms with Gasteiger partial charge in [0.05, 0.1) is 5.56 Å². The van der Waals surface area contributed by atoms with Crippen molar-refractivity contribution in [2.24, 2.45) is 0 Å². The molecule has 0 saturated carbocycles. The van der Waals surface area contributed by atoms with Crippen LogP contribution in [-0.4, -0.2) is 10.8 Å². The Balaban J connectivity index is 2.38. The van der Waals surface area contributed by atoms with Crippen LogP contribution in [0.5, 0.6) is 0 Å². The van der Waals surface area contributed by atoms with Gasteiger partial charge >= 0.3 is 6.18 Å². The van der Waals surface area contributed by atoms with Crippen molar-refractivity contribution < 1.29 is 18.0 Å². The number of alkyl halides is 3. The van der Waals surface area contributed by atoms with E-state index in [1.54, 1.807) is 30.3 Å². The first-order chi connectivity index (χ1) is 8.48. The second kappa shape index (κ2) is 4.60. The van der Waals surface area contributed by atoms with E-state index in [1.807, 2.05) is 0 Å². The van der Waals surface area contributed by atoms with Crippen LogP contribution >= 0.6 is 0 Å². The lowest BCUT2D eigenvalue weighted by atomic mass is 10.0. The SMILES string of the molecule is O=C(c1ccccc1)c1cncc(C(F)(F)F)c1. The summed E-state index contributed by atoms with van der Waals surface area (Å²) < 4.78 is 37.4. The molecule has 0 spiro atoms. The number of nitrogens with zero attached hydrogens (tertiary/aromatic N) is 1. The molecule has 0 unspecified atom stereocenters. The van der Waals surface area contributed by atoms with Crippen molar-refractivity contribution in [3.63, 3.8) is 0 Å². The highest BCUT2D eigenvalue weighted by Crippen LogP contribution is 2.29. The molecule has 0 aliphatic carbocycles. The molecule has 2 aromatic rings. The van der Waals surface area contributed by atoms with Crippen LogP contribution in [0.4, 0.5) is 13.2 Å². The van der Waals surface area contributed by atoms with Crippen molar-refractivity contribution in [3.8, 4) is 0 Å². The smallest absolute Gasteiger partial charge is 0.289 e. The number of carbonyl (C=O) groups excluding carboxylic acids is 1. The molecule has 1 aromatic carbocycles. The molecule has 0 amide bonds. The zero-order chi connectivity index (χ0) is 13.2. The van der Waals surface area contributed by atoms with E-state index in [9.17, 15) is 18.0 Å². The fourth-order valence-corrected chi connectivity index (χ4v) is 1.48. The monoisotopic (exact) mass is 251 g/mol. The summed E-state index contributed by atoms with van der Waals surface area (Å²) in [5.41, 5.74) is -0.668. The molecular formula is C13H8F3NO. The van der Waals surface area contributed by atoms with Crippen molar-refractivity contribution >= 4 is 5.78 Å². The molecule has 92 valence electrons. The Morgan fingerprint density at radius 3 is 2.28 bits per heavy atom. The summed E-state index contributed by atoms with van der Waals surface area (Å²) in [5, 5.41) is 0. The van der Waals surface area contributed by atoms with Crippen LogP contribution in [-0.2, 0) is 6.18 Å². The predicted octanol–water partition coefficient (Wildman–Crippen LogP) is 3.33. The van der Waals surface area contributed by atoms with E-state index in [1.165, 1.54) is 0 Å². The Morgan fingerprint density at radius 1 is 1.00 bits per heavy atom. The first-order valence-corrected chi connectivity index (χ1v) is 5.10. The molecule has 0 atom stereocenters. The predicted molar refractivity (Wildman–Crippen MR) is 59.1 cm³/mol. The molecule has 0 N–H and O–H groups in total. The van der Waals surface area contributed by atoms with Crippen LogP contribution < -0.4 is 0 Å². The molecule has 1 aromatic heterocycles. The summed E-state index contributed by atoms with van der Waals surface area (Å²) in [4.78, 5) is 15.4. The third kappa shape index (κ3) is 2.56. The summed E-state index contributed by atoms with van der Waals surface area (Å²) in [5.74, 6) is -0.478. The molecule has 0 aliphatic heterocycles. The maximum absolute atomic E-state index is 12.5. The average Bonchev–Trinajstić information content (AvgIpc) is 2.38. The molecule has 5 heteroatoms. The van der Waals surface area contributed by atoms with E-state index in [2.05, 4.69) is 4.98 Å². The Bertz CT molecular complexity index is 564. The lowest BCUT2D eigenvalue weighted by Crippen LogP contribution is -2.09. The third-order valence-electron chi connectivity index (χ3n) is 2.36. The second-order valence-corrected chi connectivity index (χ2v) is 3.66. The first-order valence-electron chi connectivity index (χ1n) is 5.10. The highest BCUT2D eigenvalue weighted by atomic mass is 19.4. The number of pyridine rings is 1. The number of aromatic nitrogens is 1. The second-order valence-electron chi connectivity index (χ2n) is 3.66. The molecule has 18 heavy (non-hydrogen) atoms. The summed E-state index contributed by atoms with van der Waals surface area (Å²) in [6, 6.07) is 8.91. The molecule has 0 bridgehead atoms. The van der Waals surface area contributed by atoms with E-state index >= 15 is 0 Å². The van der Waals surface area contributed by atoms with E-state index in [4.69, 9.17) is 0 Å². The lowest BCUT2D eigenvalue weighted by Gasteiger charge is -2.07. The van der Waals surface area contributed by atoms with Gasteiger partial charge in [0.25, 0.3) is 0 Å². The molecule has 0 fully saturated rings. The minimum Gasteiger partial charge on any atom is -0.289 e. The van der Waals surface area contributed by atoms with Crippen LogP contribution in [0.15, 0.2) is 48.8 Å². The summed E-state index contributed by atoms with van der Waals surface area (Å²) in [7, 11) is 0. The van der Waals surface area contributed by atoms with Crippen LogP contribution in [0.1, 0.15) is 21.5 Å². The van der Waals surface area contributed by atoms with E-state index in [-0.39, 0.29) is 5.56 Å². The number of hydrogen-bond acceptors (Lipinski definition) is 2. The van der Waals surface area contributed by atoms with Gasteiger partial charge in [-0.15, -0.1) is 0 Å². The van der Waals surface area contributed by atoms with Gasteiger partial charge in [0, 0.05) is 23.5 Å². The van der Waals surface area contributed by atoms with Gasteiger partial charge in [0.2, 0.25) is 0 Å². The minimum absolute atomic E-state index is 0.0731. The first kappa shape index (κ1) is 12.3. The average molecular weight is 251 g/mol. The fourth-order valence-electron chi connectivity index (χ4n) is 1.48. The van der Waals surface area contributed by atoms with Gasteiger partial charge in [-0.3, -0.25) is 9.78 Å². The van der Waals surface area contributed by atoms with Crippen LogP contribution in [0.3, 0.4) is 0 Å². The summed E-state index contributed by atoms with van der Waals surface area (Å²) in [6.07, 6.45) is -2.67. The maximum atomic E-state index is 12.5. The Kier molecular flexibility index (Phi) is 3.14. The van der Waals surface area contributed by atoms with Crippen molar-refractivity contribution in [2.75, 3.05) is 0 Å². The van der Waals surface area contributed by atoms with Gasteiger partial charge in [0.1, 0.15) is 0 Å². The Morgan fingerprint density at radius 2 is 1.67 bits per heavy atom. The van der Waals surface area contributed by atoms with Gasteiger partial charge in [-0.2, -0.15) is 13.2 Å². The molecular weight excluding hydrogens is 243 g/mol. The number of carbonyl (C=O) groups is 1. The molecule has 2 nitrogen and oxygen atoms in total. The van der Waals surface area contributed by atoms with Crippen LogP contribution in [0.25, 0.3) is 0 Å². The van der Waals surface area contributed by atoms with Gasteiger partial charge in [-0.1, -0.05) is 30.3 Å². The topological polar surface area (TPSA) is 30.0 Å². The quantitative estimate of drug-likeness (QED) is 0.766. The highest BCUT2D eigenvalue weighted by molar-refractivity contribution is 6.08. The molecule has 2 rings (SSSR count). The molecule has 0 radical (unpaired) electrons. The van der Waals surface area contributed by atoms with E-state index in [0.717, 1.165) is 12.3 Å². The van der Waals surface area contributed by atoms with Crippen molar-refractivity contribution in [1.82, 2.24) is 4.98 Å². The van der Waals surface area contributed by atoms with Gasteiger partial charge in [0.15, 0.2) is 5.78 Å². The zero-order valence-corrected chi connectivity index (χ0v) is 9.11. The minimum atomic E-state index is -4.50.